The van der Waals surface area contributed by atoms with Gasteiger partial charge in [-0.05, 0) is 36.2 Å². The monoisotopic (exact) mass is 381 g/mol. The number of benzene rings is 2. The van der Waals surface area contributed by atoms with Crippen molar-refractivity contribution in [3.8, 4) is 22.4 Å². The molecule has 0 aliphatic rings. The lowest BCUT2D eigenvalue weighted by molar-refractivity contribution is -0.142. The summed E-state index contributed by atoms with van der Waals surface area (Å²) in [5.41, 5.74) is -0.893. The minimum Gasteiger partial charge on any atom is -0.256 e. The molecule has 2 aromatic carbocycles. The van der Waals surface area contributed by atoms with Gasteiger partial charge in [0.05, 0.1) is 16.8 Å². The second kappa shape index (κ2) is 6.72. The highest BCUT2D eigenvalue weighted by atomic mass is 19.4. The summed E-state index contributed by atoms with van der Waals surface area (Å²) < 4.78 is 78.5. The minimum atomic E-state index is -4.94. The zero-order valence-corrected chi connectivity index (χ0v) is 14.0. The molecule has 0 radical (unpaired) electrons. The van der Waals surface area contributed by atoms with Crippen LogP contribution < -0.4 is 0 Å². The highest BCUT2D eigenvalue weighted by molar-refractivity contribution is 5.72. The largest absolute Gasteiger partial charge is 0.417 e. The first-order valence-corrected chi connectivity index (χ1v) is 7.88. The number of nitrogens with zero attached hydrogens (tertiary/aromatic N) is 1. The molecule has 0 fully saturated rings. The van der Waals surface area contributed by atoms with E-state index in [4.69, 9.17) is 0 Å². The van der Waals surface area contributed by atoms with Gasteiger partial charge in [0.2, 0.25) is 0 Å². The van der Waals surface area contributed by atoms with Gasteiger partial charge in [0.1, 0.15) is 0 Å². The summed E-state index contributed by atoms with van der Waals surface area (Å²) in [6.45, 7) is 1.71. The molecule has 1 heterocycles. The van der Waals surface area contributed by atoms with E-state index in [9.17, 15) is 26.3 Å². The normalized spacial score (nSPS) is 12.3. The van der Waals surface area contributed by atoms with Crippen LogP contribution in [0.15, 0.2) is 60.8 Å². The second-order valence-electron chi connectivity index (χ2n) is 6.01. The Morgan fingerprint density at radius 1 is 0.741 bits per heavy atom. The number of aromatic nitrogens is 1. The molecule has 3 aromatic rings. The van der Waals surface area contributed by atoms with Gasteiger partial charge in [-0.15, -0.1) is 0 Å². The minimum absolute atomic E-state index is 0.0340. The molecule has 0 aliphatic carbocycles. The Hall–Kier alpha value is -2.83. The van der Waals surface area contributed by atoms with E-state index in [0.29, 0.717) is 11.6 Å². The van der Waals surface area contributed by atoms with Crippen LogP contribution in [0.4, 0.5) is 26.3 Å². The standard InChI is InChI=1S/C20H13F6N/c1-12-9-18(27-11-16(12)13-5-3-2-4-6-13)15-8-7-14(19(21,22)23)10-17(15)20(24,25)26/h2-11H,1H3. The number of pyridine rings is 1. The SMILES string of the molecule is Cc1cc(-c2ccc(C(F)(F)F)cc2C(F)(F)F)ncc1-c1ccccc1. The van der Waals surface area contributed by atoms with Gasteiger partial charge in [-0.1, -0.05) is 36.4 Å². The quantitative estimate of drug-likeness (QED) is 0.447. The maximum Gasteiger partial charge on any atom is 0.417 e. The Morgan fingerprint density at radius 3 is 1.96 bits per heavy atom. The van der Waals surface area contributed by atoms with Crippen molar-refractivity contribution in [2.24, 2.45) is 0 Å². The van der Waals surface area contributed by atoms with Gasteiger partial charge in [0, 0.05) is 17.3 Å². The van der Waals surface area contributed by atoms with Gasteiger partial charge in [-0.25, -0.2) is 0 Å². The molecule has 0 atom stereocenters. The fourth-order valence-electron chi connectivity index (χ4n) is 2.80. The van der Waals surface area contributed by atoms with Crippen molar-refractivity contribution in [2.45, 2.75) is 19.3 Å². The van der Waals surface area contributed by atoms with Gasteiger partial charge in [0.15, 0.2) is 0 Å². The van der Waals surface area contributed by atoms with Crippen molar-refractivity contribution in [2.75, 3.05) is 0 Å². The van der Waals surface area contributed by atoms with Crippen molar-refractivity contribution >= 4 is 0 Å². The van der Waals surface area contributed by atoms with Gasteiger partial charge in [0.25, 0.3) is 0 Å². The van der Waals surface area contributed by atoms with Crippen molar-refractivity contribution < 1.29 is 26.3 Å². The number of alkyl halides is 6. The van der Waals surface area contributed by atoms with Crippen LogP contribution in [0.5, 0.6) is 0 Å². The molecule has 0 saturated carbocycles. The Balaban J connectivity index is 2.12. The summed E-state index contributed by atoms with van der Waals surface area (Å²) in [7, 11) is 0. The first-order valence-electron chi connectivity index (χ1n) is 7.88. The van der Waals surface area contributed by atoms with E-state index in [0.717, 1.165) is 17.2 Å². The van der Waals surface area contributed by atoms with Crippen LogP contribution >= 0.6 is 0 Å². The molecule has 1 aromatic heterocycles. The zero-order valence-electron chi connectivity index (χ0n) is 14.0. The summed E-state index contributed by atoms with van der Waals surface area (Å²) in [6, 6.07) is 12.2. The molecule has 3 rings (SSSR count). The lowest BCUT2D eigenvalue weighted by Gasteiger charge is -2.16. The lowest BCUT2D eigenvalue weighted by Crippen LogP contribution is -2.12. The fraction of sp³-hybridized carbons (Fsp3) is 0.150. The van der Waals surface area contributed by atoms with E-state index in [1.807, 2.05) is 30.3 Å². The van der Waals surface area contributed by atoms with E-state index in [1.54, 1.807) is 6.92 Å². The van der Waals surface area contributed by atoms with E-state index < -0.39 is 29.0 Å². The number of aryl methyl sites for hydroxylation is 1. The van der Waals surface area contributed by atoms with Crippen LogP contribution in [0.3, 0.4) is 0 Å². The summed E-state index contributed by atoms with van der Waals surface area (Å²) in [5, 5.41) is 0. The molecule has 0 aliphatic heterocycles. The molecule has 0 N–H and O–H groups in total. The highest BCUT2D eigenvalue weighted by Gasteiger charge is 2.38. The third-order valence-corrected chi connectivity index (χ3v) is 4.12. The van der Waals surface area contributed by atoms with Crippen molar-refractivity contribution in [3.63, 3.8) is 0 Å². The molecule has 0 spiro atoms. The van der Waals surface area contributed by atoms with E-state index in [2.05, 4.69) is 4.98 Å². The molecule has 0 saturated heterocycles. The molecule has 7 heteroatoms. The van der Waals surface area contributed by atoms with E-state index in [-0.39, 0.29) is 11.8 Å². The van der Waals surface area contributed by atoms with Crippen LogP contribution in [-0.2, 0) is 12.4 Å². The maximum absolute atomic E-state index is 13.4. The van der Waals surface area contributed by atoms with Crippen molar-refractivity contribution in [3.05, 3.63) is 77.5 Å². The lowest BCUT2D eigenvalue weighted by atomic mass is 9.97. The van der Waals surface area contributed by atoms with Crippen LogP contribution in [0, 0.1) is 6.92 Å². The van der Waals surface area contributed by atoms with Crippen molar-refractivity contribution in [1.82, 2.24) is 4.98 Å². The van der Waals surface area contributed by atoms with E-state index in [1.165, 1.54) is 12.3 Å². The van der Waals surface area contributed by atoms with Crippen molar-refractivity contribution in [1.29, 1.82) is 0 Å². The topological polar surface area (TPSA) is 12.9 Å². The molecule has 140 valence electrons. The predicted octanol–water partition coefficient (Wildman–Crippen LogP) is 6.76. The summed E-state index contributed by atoms with van der Waals surface area (Å²) in [5.74, 6) is 0. The predicted molar refractivity (Wildman–Crippen MR) is 89.9 cm³/mol. The number of rotatable bonds is 2. The third kappa shape index (κ3) is 3.97. The van der Waals surface area contributed by atoms with Crippen LogP contribution in [0.2, 0.25) is 0 Å². The summed E-state index contributed by atoms with van der Waals surface area (Å²) in [6.07, 6.45) is -8.37. The van der Waals surface area contributed by atoms with Gasteiger partial charge in [-0.2, -0.15) is 26.3 Å². The average molecular weight is 381 g/mol. The summed E-state index contributed by atoms with van der Waals surface area (Å²) >= 11 is 0. The first-order chi connectivity index (χ1) is 12.6. The Morgan fingerprint density at radius 2 is 1.41 bits per heavy atom. The van der Waals surface area contributed by atoms with E-state index >= 15 is 0 Å². The number of hydrogen-bond donors (Lipinski definition) is 0. The highest BCUT2D eigenvalue weighted by Crippen LogP contribution is 2.41. The number of hydrogen-bond acceptors (Lipinski definition) is 1. The maximum atomic E-state index is 13.4. The first kappa shape index (κ1) is 18.9. The molecule has 1 nitrogen and oxygen atoms in total. The zero-order chi connectivity index (χ0) is 19.8. The number of halogens is 6. The summed E-state index contributed by atoms with van der Waals surface area (Å²) in [4.78, 5) is 4.07. The Bertz CT molecular complexity index is 958. The van der Waals surface area contributed by atoms with Crippen LogP contribution in [-0.4, -0.2) is 4.98 Å². The Labute approximate surface area is 151 Å². The van der Waals surface area contributed by atoms with Crippen LogP contribution in [0.25, 0.3) is 22.4 Å². The molecule has 27 heavy (non-hydrogen) atoms. The third-order valence-electron chi connectivity index (χ3n) is 4.12. The van der Waals surface area contributed by atoms with Gasteiger partial charge < -0.3 is 0 Å². The molecular formula is C20H13F6N. The smallest absolute Gasteiger partial charge is 0.256 e. The van der Waals surface area contributed by atoms with Gasteiger partial charge in [-0.3, -0.25) is 4.98 Å². The molecule has 0 bridgehead atoms. The van der Waals surface area contributed by atoms with Crippen LogP contribution in [0.1, 0.15) is 16.7 Å². The molecule has 0 unspecified atom stereocenters. The Kier molecular flexibility index (Phi) is 4.71. The molecular weight excluding hydrogens is 368 g/mol. The second-order valence-corrected chi connectivity index (χ2v) is 6.01. The fourth-order valence-corrected chi connectivity index (χ4v) is 2.80. The van der Waals surface area contributed by atoms with Gasteiger partial charge >= 0.3 is 12.4 Å². The average Bonchev–Trinajstić information content (AvgIpc) is 2.60. The molecule has 0 amide bonds.